The smallest absolute Gasteiger partial charge is 0.263 e. The Labute approximate surface area is 204 Å². The van der Waals surface area contributed by atoms with Crippen molar-refractivity contribution in [3.8, 4) is 11.1 Å². The molecule has 0 spiro atoms. The second kappa shape index (κ2) is 9.71. The van der Waals surface area contributed by atoms with Gasteiger partial charge < -0.3 is 5.32 Å². The lowest BCUT2D eigenvalue weighted by molar-refractivity contribution is 0.102. The first-order valence-electron chi connectivity index (χ1n) is 10.6. The second-order valence-corrected chi connectivity index (χ2v) is 9.99. The van der Waals surface area contributed by atoms with Crippen LogP contribution in [0.3, 0.4) is 0 Å². The van der Waals surface area contributed by atoms with Gasteiger partial charge in [-0.05, 0) is 55.3 Å². The maximum atomic E-state index is 13.1. The predicted octanol–water partition coefficient (Wildman–Crippen LogP) is 6.68. The molecule has 34 heavy (non-hydrogen) atoms. The number of rotatable bonds is 6. The topological polar surface area (TPSA) is 75.3 Å². The minimum absolute atomic E-state index is 0.0264. The number of aryl methyl sites for hydroxylation is 2. The van der Waals surface area contributed by atoms with E-state index in [4.69, 9.17) is 11.6 Å². The molecule has 0 radical (unpaired) electrons. The Morgan fingerprint density at radius 2 is 1.50 bits per heavy atom. The van der Waals surface area contributed by atoms with E-state index >= 15 is 0 Å². The van der Waals surface area contributed by atoms with Crippen molar-refractivity contribution in [2.24, 2.45) is 0 Å². The van der Waals surface area contributed by atoms with Crippen molar-refractivity contribution in [1.29, 1.82) is 0 Å². The minimum Gasteiger partial charge on any atom is -0.321 e. The highest BCUT2D eigenvalue weighted by molar-refractivity contribution is 7.92. The van der Waals surface area contributed by atoms with Crippen molar-refractivity contribution in [3.63, 3.8) is 0 Å². The Morgan fingerprint density at radius 1 is 0.794 bits per heavy atom. The molecule has 0 saturated heterocycles. The van der Waals surface area contributed by atoms with Gasteiger partial charge in [0, 0.05) is 16.8 Å². The van der Waals surface area contributed by atoms with Crippen molar-refractivity contribution < 1.29 is 13.2 Å². The molecule has 5 nitrogen and oxygen atoms in total. The molecule has 0 aliphatic carbocycles. The Morgan fingerprint density at radius 3 is 2.24 bits per heavy atom. The standard InChI is InChI=1S/C27H23ClN2O3S/c1-18-12-15-24(19(2)16-18)30-34(32,33)26-17-21(13-14-23(26)28)27(31)29-25-11-7-6-10-22(25)20-8-4-3-5-9-20/h3-17,30H,1-2H3,(H,29,31). The van der Waals surface area contributed by atoms with E-state index in [0.29, 0.717) is 11.4 Å². The highest BCUT2D eigenvalue weighted by atomic mass is 35.5. The van der Waals surface area contributed by atoms with Crippen molar-refractivity contribution in [3.05, 3.63) is 113 Å². The Bertz CT molecular complexity index is 1470. The fourth-order valence-corrected chi connectivity index (χ4v) is 5.29. The quantitative estimate of drug-likeness (QED) is 0.316. The molecule has 0 atom stereocenters. The summed E-state index contributed by atoms with van der Waals surface area (Å²) < 4.78 is 28.8. The zero-order valence-electron chi connectivity index (χ0n) is 18.7. The van der Waals surface area contributed by atoms with Gasteiger partial charge in [-0.3, -0.25) is 9.52 Å². The van der Waals surface area contributed by atoms with Crippen LogP contribution in [0.1, 0.15) is 21.5 Å². The minimum atomic E-state index is -4.02. The zero-order valence-corrected chi connectivity index (χ0v) is 20.2. The van der Waals surface area contributed by atoms with Gasteiger partial charge in [-0.1, -0.05) is 77.8 Å². The lowest BCUT2D eigenvalue weighted by Gasteiger charge is -2.14. The SMILES string of the molecule is Cc1ccc(NS(=O)(=O)c2cc(C(=O)Nc3ccccc3-c3ccccc3)ccc2Cl)c(C)c1. The highest BCUT2D eigenvalue weighted by Gasteiger charge is 2.21. The predicted molar refractivity (Wildman–Crippen MR) is 138 cm³/mol. The third-order valence-corrected chi connectivity index (χ3v) is 7.22. The maximum Gasteiger partial charge on any atom is 0.263 e. The van der Waals surface area contributed by atoms with Gasteiger partial charge >= 0.3 is 0 Å². The summed E-state index contributed by atoms with van der Waals surface area (Å²) in [7, 11) is -4.02. The number of carbonyl (C=O) groups is 1. The molecule has 7 heteroatoms. The summed E-state index contributed by atoms with van der Waals surface area (Å²) in [4.78, 5) is 12.9. The van der Waals surface area contributed by atoms with Gasteiger partial charge in [0.15, 0.2) is 0 Å². The van der Waals surface area contributed by atoms with Gasteiger partial charge in [0.05, 0.1) is 10.7 Å². The molecule has 0 aliphatic heterocycles. The molecular weight excluding hydrogens is 468 g/mol. The Balaban J connectivity index is 1.63. The largest absolute Gasteiger partial charge is 0.321 e. The first kappa shape index (κ1) is 23.5. The fraction of sp³-hybridized carbons (Fsp3) is 0.0741. The third-order valence-electron chi connectivity index (χ3n) is 5.37. The number of hydrogen-bond donors (Lipinski definition) is 2. The number of amides is 1. The molecule has 0 fully saturated rings. The van der Waals surface area contributed by atoms with E-state index in [2.05, 4.69) is 10.0 Å². The molecule has 1 amide bonds. The highest BCUT2D eigenvalue weighted by Crippen LogP contribution is 2.30. The third kappa shape index (κ3) is 5.14. The molecule has 4 aromatic rings. The molecule has 0 aliphatic rings. The van der Waals surface area contributed by atoms with Gasteiger partial charge in [0.1, 0.15) is 4.90 Å². The molecule has 4 rings (SSSR count). The number of halogens is 1. The van der Waals surface area contributed by atoms with Crippen LogP contribution in [-0.4, -0.2) is 14.3 Å². The van der Waals surface area contributed by atoms with Crippen molar-refractivity contribution >= 4 is 38.9 Å². The number of anilines is 2. The summed E-state index contributed by atoms with van der Waals surface area (Å²) in [6.45, 7) is 3.75. The van der Waals surface area contributed by atoms with E-state index in [-0.39, 0.29) is 15.5 Å². The van der Waals surface area contributed by atoms with Crippen molar-refractivity contribution in [2.75, 3.05) is 10.0 Å². The van der Waals surface area contributed by atoms with E-state index in [1.165, 1.54) is 18.2 Å². The van der Waals surface area contributed by atoms with Crippen LogP contribution in [-0.2, 0) is 10.0 Å². The monoisotopic (exact) mass is 490 g/mol. The first-order valence-corrected chi connectivity index (χ1v) is 12.5. The van der Waals surface area contributed by atoms with Crippen LogP contribution in [0.25, 0.3) is 11.1 Å². The summed E-state index contributed by atoms with van der Waals surface area (Å²) in [6, 6.07) is 26.7. The Hall–Kier alpha value is -3.61. The van der Waals surface area contributed by atoms with Crippen LogP contribution in [0, 0.1) is 13.8 Å². The summed E-state index contributed by atoms with van der Waals surface area (Å²) in [6.07, 6.45) is 0. The van der Waals surface area contributed by atoms with Gasteiger partial charge in [0.25, 0.3) is 15.9 Å². The fourth-order valence-electron chi connectivity index (χ4n) is 3.63. The van der Waals surface area contributed by atoms with Crippen molar-refractivity contribution in [1.82, 2.24) is 0 Å². The molecular formula is C27H23ClN2O3S. The number of hydrogen-bond acceptors (Lipinski definition) is 3. The lowest BCUT2D eigenvalue weighted by atomic mass is 10.0. The summed E-state index contributed by atoms with van der Waals surface area (Å²) in [5.74, 6) is -0.442. The first-order chi connectivity index (χ1) is 16.2. The van der Waals surface area contributed by atoms with Crippen LogP contribution in [0.2, 0.25) is 5.02 Å². The molecule has 0 saturated carbocycles. The number of carbonyl (C=O) groups excluding carboxylic acids is 1. The number of sulfonamides is 1. The molecule has 0 unspecified atom stereocenters. The van der Waals surface area contributed by atoms with Crippen LogP contribution < -0.4 is 10.0 Å². The molecule has 0 bridgehead atoms. The van der Waals surface area contributed by atoms with E-state index in [1.54, 1.807) is 12.1 Å². The molecule has 0 heterocycles. The van der Waals surface area contributed by atoms with Crippen LogP contribution >= 0.6 is 11.6 Å². The summed E-state index contributed by atoms with van der Waals surface area (Å²) >= 11 is 6.23. The zero-order chi connectivity index (χ0) is 24.3. The average molecular weight is 491 g/mol. The van der Waals surface area contributed by atoms with Crippen LogP contribution in [0.15, 0.2) is 95.9 Å². The average Bonchev–Trinajstić information content (AvgIpc) is 2.82. The van der Waals surface area contributed by atoms with Gasteiger partial charge in [-0.2, -0.15) is 0 Å². The van der Waals surface area contributed by atoms with Gasteiger partial charge in [-0.15, -0.1) is 0 Å². The van der Waals surface area contributed by atoms with E-state index < -0.39 is 15.9 Å². The van der Waals surface area contributed by atoms with E-state index in [1.807, 2.05) is 74.5 Å². The Kier molecular flexibility index (Phi) is 6.72. The van der Waals surface area contributed by atoms with Crippen LogP contribution in [0.5, 0.6) is 0 Å². The molecule has 0 aromatic heterocycles. The van der Waals surface area contributed by atoms with Crippen LogP contribution in [0.4, 0.5) is 11.4 Å². The summed E-state index contributed by atoms with van der Waals surface area (Å²) in [5.41, 5.74) is 4.86. The van der Waals surface area contributed by atoms with Crippen molar-refractivity contribution in [2.45, 2.75) is 18.7 Å². The normalized spacial score (nSPS) is 11.1. The van der Waals surface area contributed by atoms with Gasteiger partial charge in [0.2, 0.25) is 0 Å². The molecule has 2 N–H and O–H groups in total. The maximum absolute atomic E-state index is 13.1. The van der Waals surface area contributed by atoms with E-state index in [9.17, 15) is 13.2 Å². The molecule has 4 aromatic carbocycles. The van der Waals surface area contributed by atoms with E-state index in [0.717, 1.165) is 22.3 Å². The second-order valence-electron chi connectivity index (χ2n) is 7.93. The lowest BCUT2D eigenvalue weighted by Crippen LogP contribution is -2.17. The number of benzene rings is 4. The number of para-hydroxylation sites is 1. The number of nitrogens with one attached hydrogen (secondary N) is 2. The summed E-state index contributed by atoms with van der Waals surface area (Å²) in [5, 5.41) is 2.92. The van der Waals surface area contributed by atoms with Gasteiger partial charge in [-0.25, -0.2) is 8.42 Å². The molecule has 172 valence electrons.